The molecule has 1 N–H and O–H groups in total. The Bertz CT molecular complexity index is 709. The quantitative estimate of drug-likeness (QED) is 0.746. The third kappa shape index (κ3) is 1.93. The van der Waals surface area contributed by atoms with Crippen LogP contribution >= 0.6 is 0 Å². The summed E-state index contributed by atoms with van der Waals surface area (Å²) in [6, 6.07) is 2.03. The van der Waals surface area contributed by atoms with Crippen molar-refractivity contribution in [3.05, 3.63) is 23.3 Å². The van der Waals surface area contributed by atoms with Crippen LogP contribution in [0.15, 0.2) is 23.3 Å². The summed E-state index contributed by atoms with van der Waals surface area (Å²) in [4.78, 5) is 24.7. The lowest BCUT2D eigenvalue weighted by atomic mass is 9.44. The molecular formula is C19H23NO3. The Morgan fingerprint density at radius 2 is 1.91 bits per heavy atom. The van der Waals surface area contributed by atoms with E-state index in [4.69, 9.17) is 0 Å². The summed E-state index contributed by atoms with van der Waals surface area (Å²) < 4.78 is 0. The number of ketones is 2. The SMILES string of the molecule is CC1(C)C(=O)C(C#N)=CC2(C)C3=CC(=O)C[C@@H](O)C3(C)CC[C@@H]12. The van der Waals surface area contributed by atoms with E-state index in [2.05, 4.69) is 0 Å². The van der Waals surface area contributed by atoms with Gasteiger partial charge in [0.1, 0.15) is 6.07 Å². The first-order chi connectivity index (χ1) is 10.6. The molecule has 1 saturated carbocycles. The van der Waals surface area contributed by atoms with Crippen LogP contribution in [-0.2, 0) is 9.59 Å². The van der Waals surface area contributed by atoms with Gasteiger partial charge in [-0.3, -0.25) is 9.59 Å². The Morgan fingerprint density at radius 3 is 2.52 bits per heavy atom. The number of fused-ring (bicyclic) bond motifs is 3. The maximum absolute atomic E-state index is 12.6. The fourth-order valence-electron chi connectivity index (χ4n) is 5.23. The molecule has 2 unspecified atom stereocenters. The van der Waals surface area contributed by atoms with Gasteiger partial charge in [0, 0.05) is 22.7 Å². The van der Waals surface area contributed by atoms with E-state index in [0.29, 0.717) is 0 Å². The summed E-state index contributed by atoms with van der Waals surface area (Å²) in [7, 11) is 0. The molecule has 1 fully saturated rings. The van der Waals surface area contributed by atoms with Gasteiger partial charge >= 0.3 is 0 Å². The summed E-state index contributed by atoms with van der Waals surface area (Å²) in [6.45, 7) is 7.80. The van der Waals surface area contributed by atoms with Gasteiger partial charge in [-0.2, -0.15) is 5.26 Å². The van der Waals surface area contributed by atoms with Gasteiger partial charge in [-0.1, -0.05) is 33.8 Å². The number of nitrogens with zero attached hydrogens (tertiary/aromatic N) is 1. The van der Waals surface area contributed by atoms with E-state index in [-0.39, 0.29) is 29.5 Å². The second-order valence-corrected chi connectivity index (χ2v) is 8.26. The van der Waals surface area contributed by atoms with Gasteiger partial charge in [0.15, 0.2) is 11.6 Å². The summed E-state index contributed by atoms with van der Waals surface area (Å²) in [6.07, 6.45) is 4.41. The molecule has 0 heterocycles. The summed E-state index contributed by atoms with van der Waals surface area (Å²) >= 11 is 0. The molecule has 0 amide bonds. The zero-order valence-electron chi connectivity index (χ0n) is 14.1. The van der Waals surface area contributed by atoms with E-state index < -0.39 is 22.3 Å². The van der Waals surface area contributed by atoms with Crippen molar-refractivity contribution in [2.24, 2.45) is 22.2 Å². The molecule has 0 spiro atoms. The van der Waals surface area contributed by atoms with E-state index in [1.165, 1.54) is 0 Å². The van der Waals surface area contributed by atoms with Crippen LogP contribution in [0.1, 0.15) is 47.0 Å². The highest BCUT2D eigenvalue weighted by Crippen LogP contribution is 2.63. The summed E-state index contributed by atoms with van der Waals surface area (Å²) in [5.41, 5.74) is -0.605. The van der Waals surface area contributed by atoms with Crippen LogP contribution in [-0.4, -0.2) is 22.8 Å². The van der Waals surface area contributed by atoms with Crippen LogP contribution in [0.5, 0.6) is 0 Å². The first-order valence-corrected chi connectivity index (χ1v) is 8.18. The van der Waals surface area contributed by atoms with Gasteiger partial charge in [-0.25, -0.2) is 0 Å². The third-order valence-electron chi connectivity index (χ3n) is 6.57. The Morgan fingerprint density at radius 1 is 1.26 bits per heavy atom. The van der Waals surface area contributed by atoms with Crippen molar-refractivity contribution in [2.45, 2.75) is 53.1 Å². The zero-order chi connectivity index (χ0) is 17.2. The van der Waals surface area contributed by atoms with Crippen molar-refractivity contribution < 1.29 is 14.7 Å². The van der Waals surface area contributed by atoms with Crippen molar-refractivity contribution in [1.29, 1.82) is 5.26 Å². The van der Waals surface area contributed by atoms with Gasteiger partial charge in [0.05, 0.1) is 11.7 Å². The monoisotopic (exact) mass is 313 g/mol. The predicted molar refractivity (Wildman–Crippen MR) is 85.1 cm³/mol. The van der Waals surface area contributed by atoms with E-state index in [0.717, 1.165) is 18.4 Å². The highest BCUT2D eigenvalue weighted by atomic mass is 16.3. The molecule has 4 atom stereocenters. The minimum Gasteiger partial charge on any atom is -0.392 e. The van der Waals surface area contributed by atoms with E-state index in [9.17, 15) is 20.0 Å². The Hall–Kier alpha value is -1.73. The van der Waals surface area contributed by atoms with Crippen molar-refractivity contribution in [3.63, 3.8) is 0 Å². The standard InChI is InChI=1S/C19H23NO3/c1-17(2)13-5-6-18(3)14(7-12(21)8-15(18)22)19(13,4)9-11(10-20)16(17)23/h7,9,13,15,22H,5-6,8H2,1-4H3/t13-,15+,18?,19?/m0/s1. The Labute approximate surface area is 136 Å². The van der Waals surface area contributed by atoms with Gasteiger partial charge in [-0.15, -0.1) is 0 Å². The number of nitriles is 1. The Balaban J connectivity index is 2.27. The van der Waals surface area contributed by atoms with Crippen LogP contribution in [0.25, 0.3) is 0 Å². The van der Waals surface area contributed by atoms with Crippen LogP contribution < -0.4 is 0 Å². The molecule has 4 heteroatoms. The molecule has 0 bridgehead atoms. The number of carbonyl (C=O) groups is 2. The molecule has 0 radical (unpaired) electrons. The first kappa shape index (κ1) is 16.1. The third-order valence-corrected chi connectivity index (χ3v) is 6.57. The second-order valence-electron chi connectivity index (χ2n) is 8.26. The van der Waals surface area contributed by atoms with Crippen molar-refractivity contribution in [1.82, 2.24) is 0 Å². The lowest BCUT2D eigenvalue weighted by molar-refractivity contribution is -0.132. The van der Waals surface area contributed by atoms with E-state index in [1.54, 1.807) is 12.2 Å². The number of hydrogen-bond acceptors (Lipinski definition) is 4. The molecule has 3 aliphatic carbocycles. The maximum Gasteiger partial charge on any atom is 0.178 e. The average Bonchev–Trinajstić information content (AvgIpc) is 2.46. The van der Waals surface area contributed by atoms with Crippen LogP contribution in [0, 0.1) is 33.5 Å². The minimum atomic E-state index is -0.701. The molecule has 4 nitrogen and oxygen atoms in total. The van der Waals surface area contributed by atoms with Crippen LogP contribution in [0.4, 0.5) is 0 Å². The molecule has 23 heavy (non-hydrogen) atoms. The van der Waals surface area contributed by atoms with Crippen molar-refractivity contribution in [3.8, 4) is 6.07 Å². The summed E-state index contributed by atoms with van der Waals surface area (Å²) in [5.74, 6) is -0.167. The van der Waals surface area contributed by atoms with Crippen molar-refractivity contribution >= 4 is 11.6 Å². The lowest BCUT2D eigenvalue weighted by Crippen LogP contribution is -2.56. The second kappa shape index (κ2) is 4.64. The normalized spacial score (nSPS) is 42.1. The van der Waals surface area contributed by atoms with Crippen LogP contribution in [0.2, 0.25) is 0 Å². The van der Waals surface area contributed by atoms with E-state index >= 15 is 0 Å². The lowest BCUT2D eigenvalue weighted by Gasteiger charge is -2.58. The fraction of sp³-hybridized carbons (Fsp3) is 0.632. The Kier molecular flexibility index (Phi) is 3.26. The minimum absolute atomic E-state index is 0.0250. The number of carbonyl (C=O) groups excluding carboxylic acids is 2. The zero-order valence-corrected chi connectivity index (χ0v) is 14.1. The summed E-state index contributed by atoms with van der Waals surface area (Å²) in [5, 5.41) is 19.9. The number of Topliss-reactive ketones (excluding diaryl/α,β-unsaturated/α-hetero) is 1. The van der Waals surface area contributed by atoms with Gasteiger partial charge in [0.25, 0.3) is 0 Å². The molecule has 0 aromatic carbocycles. The van der Waals surface area contributed by atoms with Crippen molar-refractivity contribution in [2.75, 3.05) is 0 Å². The topological polar surface area (TPSA) is 78.2 Å². The number of rotatable bonds is 0. The fourth-order valence-corrected chi connectivity index (χ4v) is 5.23. The molecule has 3 rings (SSSR count). The average molecular weight is 313 g/mol. The number of allylic oxidation sites excluding steroid dienone is 3. The number of hydrogen-bond donors (Lipinski definition) is 1. The smallest absolute Gasteiger partial charge is 0.178 e. The molecule has 0 aromatic heterocycles. The first-order valence-electron chi connectivity index (χ1n) is 8.18. The molecule has 3 aliphatic rings. The van der Waals surface area contributed by atoms with Gasteiger partial charge in [-0.05, 0) is 30.4 Å². The number of aliphatic hydroxyl groups is 1. The largest absolute Gasteiger partial charge is 0.392 e. The molecule has 0 aliphatic heterocycles. The number of aliphatic hydroxyl groups excluding tert-OH is 1. The van der Waals surface area contributed by atoms with Gasteiger partial charge < -0.3 is 5.11 Å². The van der Waals surface area contributed by atoms with Gasteiger partial charge in [0.2, 0.25) is 0 Å². The highest BCUT2D eigenvalue weighted by Gasteiger charge is 2.60. The van der Waals surface area contributed by atoms with E-state index in [1.807, 2.05) is 33.8 Å². The molecule has 122 valence electrons. The predicted octanol–water partition coefficient (Wildman–Crippen LogP) is 2.73. The molecular weight excluding hydrogens is 290 g/mol. The maximum atomic E-state index is 12.6. The van der Waals surface area contributed by atoms with Crippen LogP contribution in [0.3, 0.4) is 0 Å². The molecule has 0 aromatic rings. The highest BCUT2D eigenvalue weighted by molar-refractivity contribution is 6.04. The molecule has 0 saturated heterocycles.